The molecule has 168 valence electrons. The number of aromatic amines is 1. The summed E-state index contributed by atoms with van der Waals surface area (Å²) in [7, 11) is 0. The molecule has 2 atom stereocenters. The fourth-order valence-electron chi connectivity index (χ4n) is 4.63. The number of hydrogen-bond donors (Lipinski definition) is 2. The molecule has 32 heavy (non-hydrogen) atoms. The van der Waals surface area contributed by atoms with Crippen LogP contribution in [0.15, 0.2) is 42.5 Å². The largest absolute Gasteiger partial charge is 0.478 e. The van der Waals surface area contributed by atoms with Crippen molar-refractivity contribution in [2.45, 2.75) is 44.9 Å². The number of para-hydroxylation sites is 1. The summed E-state index contributed by atoms with van der Waals surface area (Å²) in [5.41, 5.74) is 3.02. The molecule has 0 bridgehead atoms. The van der Waals surface area contributed by atoms with Crippen LogP contribution in [0.25, 0.3) is 17.0 Å². The number of rotatable bonds is 5. The monoisotopic (exact) mass is 474 g/mol. The lowest BCUT2D eigenvalue weighted by Crippen LogP contribution is -2.48. The molecule has 0 amide bonds. The van der Waals surface area contributed by atoms with Gasteiger partial charge in [-0.3, -0.25) is 4.90 Å². The first-order valence-electron chi connectivity index (χ1n) is 10.5. The lowest BCUT2D eigenvalue weighted by Gasteiger charge is -2.43. The normalized spacial score (nSPS) is 19.6. The Balaban J connectivity index is 1.92. The number of carbonyl (C=O) groups is 1. The van der Waals surface area contributed by atoms with Crippen molar-refractivity contribution in [1.82, 2.24) is 9.88 Å². The van der Waals surface area contributed by atoms with E-state index >= 15 is 0 Å². The summed E-state index contributed by atoms with van der Waals surface area (Å²) in [5, 5.41) is 10.9. The number of alkyl halides is 1. The molecule has 0 aliphatic carbocycles. The fourth-order valence-corrected chi connectivity index (χ4v) is 5.34. The van der Waals surface area contributed by atoms with Crippen molar-refractivity contribution in [3.05, 3.63) is 74.9 Å². The average Bonchev–Trinajstić information content (AvgIpc) is 3.05. The van der Waals surface area contributed by atoms with Gasteiger partial charge in [-0.1, -0.05) is 41.4 Å². The van der Waals surface area contributed by atoms with Crippen molar-refractivity contribution in [3.63, 3.8) is 0 Å². The summed E-state index contributed by atoms with van der Waals surface area (Å²) in [6.45, 7) is 5.44. The molecule has 0 spiro atoms. The summed E-state index contributed by atoms with van der Waals surface area (Å²) in [6.07, 6.45) is 3.27. The van der Waals surface area contributed by atoms with Gasteiger partial charge in [-0.2, -0.15) is 0 Å². The van der Waals surface area contributed by atoms with E-state index in [4.69, 9.17) is 28.3 Å². The minimum atomic E-state index is -1.42. The Morgan fingerprint density at radius 3 is 2.56 bits per heavy atom. The first kappa shape index (κ1) is 22.8. The minimum absolute atomic E-state index is 0.0560. The standard InChI is InChI=1S/C25H25Cl2FN2O2/c1-14-10-17-16-6-4-5-7-20(16)29-23(17)24(30(14)13-25(2,3)28)22-18(26)11-15(12-19(22)27)8-9-21(31)32/h4-9,11-12,14,24,29H,10,13H2,1-3H3,(H,31,32)/b9-8+/t14-,24?/m1/s1. The van der Waals surface area contributed by atoms with Crippen LogP contribution in [0.4, 0.5) is 4.39 Å². The lowest BCUT2D eigenvalue weighted by atomic mass is 9.87. The highest BCUT2D eigenvalue weighted by molar-refractivity contribution is 6.36. The van der Waals surface area contributed by atoms with Crippen LogP contribution in [0.3, 0.4) is 0 Å². The van der Waals surface area contributed by atoms with Gasteiger partial charge in [-0.05, 0) is 62.6 Å². The molecular formula is C25H25Cl2FN2O2. The Labute approximate surface area is 196 Å². The number of fused-ring (bicyclic) bond motifs is 3. The minimum Gasteiger partial charge on any atom is -0.478 e. The molecule has 0 saturated carbocycles. The molecule has 2 heterocycles. The van der Waals surface area contributed by atoms with Crippen LogP contribution in [0.1, 0.15) is 49.2 Å². The summed E-state index contributed by atoms with van der Waals surface area (Å²) in [6, 6.07) is 11.2. The van der Waals surface area contributed by atoms with E-state index in [2.05, 4.69) is 22.9 Å². The molecule has 0 radical (unpaired) electrons. The van der Waals surface area contributed by atoms with Crippen molar-refractivity contribution in [3.8, 4) is 0 Å². The number of benzene rings is 2. The SMILES string of the molecule is C[C@@H]1Cc2c([nH]c3ccccc23)C(c2c(Cl)cc(/C=C/C(=O)O)cc2Cl)N1CC(C)(C)F. The molecule has 4 rings (SSSR count). The smallest absolute Gasteiger partial charge is 0.328 e. The molecule has 2 N–H and O–H groups in total. The number of hydrogen-bond acceptors (Lipinski definition) is 2. The Morgan fingerprint density at radius 2 is 1.94 bits per heavy atom. The van der Waals surface area contributed by atoms with Crippen LogP contribution in [-0.4, -0.2) is 39.2 Å². The van der Waals surface area contributed by atoms with E-state index in [1.165, 1.54) is 11.6 Å². The zero-order valence-electron chi connectivity index (χ0n) is 18.1. The lowest BCUT2D eigenvalue weighted by molar-refractivity contribution is -0.131. The van der Waals surface area contributed by atoms with Crippen molar-refractivity contribution in [2.75, 3.05) is 6.54 Å². The van der Waals surface area contributed by atoms with Crippen molar-refractivity contribution in [2.24, 2.45) is 0 Å². The Bertz CT molecular complexity index is 1190. The van der Waals surface area contributed by atoms with Gasteiger partial charge in [0.2, 0.25) is 0 Å². The highest BCUT2D eigenvalue weighted by Crippen LogP contribution is 2.46. The van der Waals surface area contributed by atoms with Crippen molar-refractivity contribution >= 4 is 46.2 Å². The van der Waals surface area contributed by atoms with E-state index in [0.29, 0.717) is 21.2 Å². The molecule has 1 aromatic heterocycles. The topological polar surface area (TPSA) is 56.3 Å². The van der Waals surface area contributed by atoms with Gasteiger partial charge in [0.1, 0.15) is 5.67 Å². The molecule has 2 aromatic carbocycles. The predicted octanol–water partition coefficient (Wildman–Crippen LogP) is 6.66. The second kappa shape index (κ2) is 8.54. The van der Waals surface area contributed by atoms with Crippen LogP contribution in [-0.2, 0) is 11.2 Å². The summed E-state index contributed by atoms with van der Waals surface area (Å²) >= 11 is 13.5. The van der Waals surface area contributed by atoms with E-state index in [9.17, 15) is 9.18 Å². The van der Waals surface area contributed by atoms with Crippen LogP contribution in [0.5, 0.6) is 0 Å². The van der Waals surface area contributed by atoms with Gasteiger partial charge in [0.15, 0.2) is 0 Å². The summed E-state index contributed by atoms with van der Waals surface area (Å²) in [4.78, 5) is 16.5. The highest BCUT2D eigenvalue weighted by atomic mass is 35.5. The third-order valence-corrected chi connectivity index (χ3v) is 6.49. The second-order valence-electron chi connectivity index (χ2n) is 8.98. The van der Waals surface area contributed by atoms with E-state index in [1.807, 2.05) is 18.2 Å². The molecule has 0 fully saturated rings. The number of halogens is 3. The number of nitrogens with one attached hydrogen (secondary N) is 1. The molecule has 1 unspecified atom stereocenters. The van der Waals surface area contributed by atoms with Crippen molar-refractivity contribution < 1.29 is 14.3 Å². The molecule has 1 aliphatic rings. The number of aliphatic carboxylic acids is 1. The molecule has 7 heteroatoms. The number of carboxylic acid groups (broad SMARTS) is 1. The van der Waals surface area contributed by atoms with Gasteiger partial charge < -0.3 is 10.1 Å². The maximum Gasteiger partial charge on any atom is 0.328 e. The molecule has 4 nitrogen and oxygen atoms in total. The first-order chi connectivity index (χ1) is 15.0. The highest BCUT2D eigenvalue weighted by Gasteiger charge is 2.40. The molecule has 3 aromatic rings. The second-order valence-corrected chi connectivity index (χ2v) is 9.79. The Hall–Kier alpha value is -2.34. The van der Waals surface area contributed by atoms with E-state index < -0.39 is 11.6 Å². The van der Waals surface area contributed by atoms with Gasteiger partial charge in [0.05, 0.1) is 6.04 Å². The third kappa shape index (κ3) is 4.42. The van der Waals surface area contributed by atoms with Gasteiger partial charge >= 0.3 is 5.97 Å². The molecule has 1 aliphatic heterocycles. The van der Waals surface area contributed by atoms with E-state index in [1.54, 1.807) is 26.0 Å². The van der Waals surface area contributed by atoms with Gasteiger partial charge in [0, 0.05) is 50.9 Å². The first-order valence-corrected chi connectivity index (χ1v) is 11.2. The Kier molecular flexibility index (Phi) is 6.10. The quantitative estimate of drug-likeness (QED) is 0.406. The van der Waals surface area contributed by atoms with E-state index in [0.717, 1.165) is 29.1 Å². The molecular weight excluding hydrogens is 450 g/mol. The maximum atomic E-state index is 14.9. The molecule has 0 saturated heterocycles. The van der Waals surface area contributed by atoms with Crippen molar-refractivity contribution in [1.29, 1.82) is 0 Å². The summed E-state index contributed by atoms with van der Waals surface area (Å²) < 4.78 is 14.9. The number of carboxylic acids is 1. The van der Waals surface area contributed by atoms with Crippen LogP contribution in [0.2, 0.25) is 10.0 Å². The third-order valence-electron chi connectivity index (χ3n) is 5.87. The Morgan fingerprint density at radius 1 is 1.28 bits per heavy atom. The zero-order chi connectivity index (χ0) is 23.2. The van der Waals surface area contributed by atoms with Crippen LogP contribution in [0, 0.1) is 0 Å². The van der Waals surface area contributed by atoms with Gasteiger partial charge in [0.25, 0.3) is 0 Å². The number of H-pyrrole nitrogens is 1. The number of aromatic nitrogens is 1. The fraction of sp³-hybridized carbons (Fsp3) is 0.320. The number of nitrogens with zero attached hydrogens (tertiary/aromatic N) is 1. The summed E-state index contributed by atoms with van der Waals surface area (Å²) in [5.74, 6) is -1.05. The maximum absolute atomic E-state index is 14.9. The average molecular weight is 475 g/mol. The zero-order valence-corrected chi connectivity index (χ0v) is 19.6. The van der Waals surface area contributed by atoms with Crippen LogP contribution < -0.4 is 0 Å². The van der Waals surface area contributed by atoms with Gasteiger partial charge in [-0.15, -0.1) is 0 Å². The van der Waals surface area contributed by atoms with Gasteiger partial charge in [-0.25, -0.2) is 9.18 Å². The van der Waals surface area contributed by atoms with Crippen LogP contribution >= 0.6 is 23.2 Å². The van der Waals surface area contributed by atoms with E-state index in [-0.39, 0.29) is 18.6 Å². The predicted molar refractivity (Wildman–Crippen MR) is 128 cm³/mol.